The largest absolute Gasteiger partial charge is 0.412 e. The van der Waals surface area contributed by atoms with E-state index in [9.17, 15) is 13.6 Å². The van der Waals surface area contributed by atoms with E-state index >= 15 is 0 Å². The van der Waals surface area contributed by atoms with Crippen molar-refractivity contribution in [2.45, 2.75) is 12.5 Å². The third-order valence-corrected chi connectivity index (χ3v) is 5.86. The van der Waals surface area contributed by atoms with E-state index in [0.29, 0.717) is 30.4 Å². The van der Waals surface area contributed by atoms with Crippen LogP contribution < -0.4 is 0 Å². The summed E-state index contributed by atoms with van der Waals surface area (Å²) in [5.74, 6) is -2.64. The first-order chi connectivity index (χ1) is 16.6. The van der Waals surface area contributed by atoms with Gasteiger partial charge < -0.3 is 14.3 Å². The quantitative estimate of drug-likeness (QED) is 0.437. The Bertz CT molecular complexity index is 1550. The maximum atomic E-state index is 14.2. The lowest BCUT2D eigenvalue weighted by atomic mass is 9.98. The van der Waals surface area contributed by atoms with Crippen molar-refractivity contribution >= 4 is 16.8 Å². The van der Waals surface area contributed by atoms with Gasteiger partial charge in [-0.05, 0) is 24.3 Å². The van der Waals surface area contributed by atoms with Gasteiger partial charge in [-0.3, -0.25) is 9.78 Å². The van der Waals surface area contributed by atoms with Crippen molar-refractivity contribution in [3.8, 4) is 11.5 Å². The van der Waals surface area contributed by atoms with Gasteiger partial charge in [0.25, 0.3) is 5.89 Å². The van der Waals surface area contributed by atoms with Crippen LogP contribution in [-0.2, 0) is 6.42 Å². The van der Waals surface area contributed by atoms with Crippen LogP contribution in [0.3, 0.4) is 0 Å². The molecule has 0 saturated carbocycles. The normalized spacial score (nSPS) is 15.5. The zero-order chi connectivity index (χ0) is 23.2. The number of carbonyl (C=O) groups is 1. The van der Waals surface area contributed by atoms with Crippen molar-refractivity contribution in [2.75, 3.05) is 6.54 Å². The Morgan fingerprint density at radius 2 is 1.97 bits per heavy atom. The summed E-state index contributed by atoms with van der Waals surface area (Å²) in [6.45, 7) is 0.357. The van der Waals surface area contributed by atoms with E-state index in [0.717, 1.165) is 22.7 Å². The number of imidazole rings is 1. The van der Waals surface area contributed by atoms with Gasteiger partial charge in [0.15, 0.2) is 0 Å². The first kappa shape index (κ1) is 20.2. The van der Waals surface area contributed by atoms with Crippen LogP contribution in [-0.4, -0.2) is 42.5 Å². The molecule has 2 aromatic carbocycles. The molecule has 0 unspecified atom stereocenters. The Morgan fingerprint density at radius 1 is 1.09 bits per heavy atom. The molecule has 1 N–H and O–H groups in total. The number of rotatable bonds is 3. The van der Waals surface area contributed by atoms with E-state index in [2.05, 4.69) is 20.2 Å². The molecule has 5 aromatic rings. The summed E-state index contributed by atoms with van der Waals surface area (Å²) in [6, 6.07) is 13.9. The maximum Gasteiger partial charge on any atom is 0.312 e. The SMILES string of the molecule is O=C(c1nnc(-c2ccc(F)cc2F)o1)N1CCc2[nH]cnc2[C@H]1c1ccc2ccccc2n1. The van der Waals surface area contributed by atoms with Crippen LogP contribution in [0.25, 0.3) is 22.4 Å². The van der Waals surface area contributed by atoms with Gasteiger partial charge in [0.2, 0.25) is 0 Å². The standard InChI is InChI=1S/C24H16F2N6O2/c25-14-6-7-15(16(26)11-14)22-30-31-23(34-22)24(33)32-10-9-18-20(28-12-27-18)21(32)19-8-5-13-3-1-2-4-17(13)29-19/h1-8,11-12,21H,9-10H2,(H,27,28)/t21-/m1/s1. The molecular weight excluding hydrogens is 442 g/mol. The number of amides is 1. The molecule has 0 saturated heterocycles. The van der Waals surface area contributed by atoms with Gasteiger partial charge in [0, 0.05) is 30.1 Å². The topological polar surface area (TPSA) is 101 Å². The number of nitrogens with zero attached hydrogens (tertiary/aromatic N) is 5. The number of aromatic nitrogens is 5. The third-order valence-electron chi connectivity index (χ3n) is 5.86. The molecule has 0 bridgehead atoms. The highest BCUT2D eigenvalue weighted by Gasteiger charge is 2.37. The first-order valence-electron chi connectivity index (χ1n) is 10.6. The van der Waals surface area contributed by atoms with E-state index in [1.165, 1.54) is 6.07 Å². The summed E-state index contributed by atoms with van der Waals surface area (Å²) < 4.78 is 32.9. The molecule has 0 fully saturated rings. The van der Waals surface area contributed by atoms with E-state index in [-0.39, 0.29) is 17.3 Å². The number of carbonyl (C=O) groups excluding carboxylic acids is 1. The van der Waals surface area contributed by atoms with Crippen LogP contribution in [0.5, 0.6) is 0 Å². The number of H-pyrrole nitrogens is 1. The molecule has 1 amide bonds. The number of halogens is 2. The van der Waals surface area contributed by atoms with Gasteiger partial charge in [-0.25, -0.2) is 13.8 Å². The third kappa shape index (κ3) is 3.31. The highest BCUT2D eigenvalue weighted by atomic mass is 19.1. The van der Waals surface area contributed by atoms with Crippen LogP contribution in [0.4, 0.5) is 8.78 Å². The summed E-state index contributed by atoms with van der Waals surface area (Å²) in [6.07, 6.45) is 2.15. The molecule has 0 aliphatic carbocycles. The second-order valence-electron chi connectivity index (χ2n) is 7.88. The lowest BCUT2D eigenvalue weighted by Gasteiger charge is -2.33. The Morgan fingerprint density at radius 3 is 2.85 bits per heavy atom. The van der Waals surface area contributed by atoms with Crippen molar-refractivity contribution in [3.63, 3.8) is 0 Å². The van der Waals surface area contributed by atoms with Crippen molar-refractivity contribution in [1.29, 1.82) is 0 Å². The highest BCUT2D eigenvalue weighted by molar-refractivity contribution is 5.90. The minimum absolute atomic E-state index is 0.0890. The van der Waals surface area contributed by atoms with Gasteiger partial charge >= 0.3 is 11.8 Å². The average molecular weight is 458 g/mol. The molecule has 0 radical (unpaired) electrons. The zero-order valence-electron chi connectivity index (χ0n) is 17.6. The van der Waals surface area contributed by atoms with Gasteiger partial charge in [0.1, 0.15) is 17.7 Å². The molecule has 10 heteroatoms. The fourth-order valence-corrected chi connectivity index (χ4v) is 4.23. The molecule has 168 valence electrons. The second kappa shape index (κ2) is 7.84. The van der Waals surface area contributed by atoms with Crippen LogP contribution >= 0.6 is 0 Å². The minimum Gasteiger partial charge on any atom is -0.412 e. The molecule has 4 heterocycles. The highest BCUT2D eigenvalue weighted by Crippen LogP contribution is 2.34. The number of hydrogen-bond donors (Lipinski definition) is 1. The number of pyridine rings is 1. The Balaban J connectivity index is 1.39. The van der Waals surface area contributed by atoms with Crippen LogP contribution in [0.2, 0.25) is 0 Å². The van der Waals surface area contributed by atoms with Gasteiger partial charge in [-0.2, -0.15) is 0 Å². The van der Waals surface area contributed by atoms with Crippen molar-refractivity contribution < 1.29 is 18.0 Å². The monoisotopic (exact) mass is 458 g/mol. The number of hydrogen-bond acceptors (Lipinski definition) is 6. The Hall–Kier alpha value is -4.47. The van der Waals surface area contributed by atoms with Gasteiger partial charge in [0.05, 0.1) is 28.8 Å². The van der Waals surface area contributed by atoms with Crippen molar-refractivity contribution in [1.82, 2.24) is 30.0 Å². The fourth-order valence-electron chi connectivity index (χ4n) is 4.23. The average Bonchev–Trinajstić information content (AvgIpc) is 3.53. The number of benzene rings is 2. The Kier molecular flexibility index (Phi) is 4.65. The second-order valence-corrected chi connectivity index (χ2v) is 7.88. The predicted molar refractivity (Wildman–Crippen MR) is 117 cm³/mol. The van der Waals surface area contributed by atoms with Gasteiger partial charge in [-0.1, -0.05) is 24.3 Å². The molecule has 0 spiro atoms. The lowest BCUT2D eigenvalue weighted by Crippen LogP contribution is -2.41. The fraction of sp³-hybridized carbons (Fsp3) is 0.125. The summed E-state index contributed by atoms with van der Waals surface area (Å²) in [5.41, 5.74) is 2.95. The molecular formula is C24H16F2N6O2. The molecule has 8 nitrogen and oxygen atoms in total. The lowest BCUT2D eigenvalue weighted by molar-refractivity contribution is 0.0647. The van der Waals surface area contributed by atoms with E-state index in [1.807, 2.05) is 36.4 Å². The smallest absolute Gasteiger partial charge is 0.312 e. The molecule has 1 atom stereocenters. The first-order valence-corrected chi connectivity index (χ1v) is 10.6. The van der Waals surface area contributed by atoms with E-state index in [1.54, 1.807) is 11.2 Å². The molecule has 3 aromatic heterocycles. The summed E-state index contributed by atoms with van der Waals surface area (Å²) in [7, 11) is 0. The molecule has 1 aliphatic heterocycles. The summed E-state index contributed by atoms with van der Waals surface area (Å²) in [5, 5.41) is 8.61. The number of para-hydroxylation sites is 1. The van der Waals surface area contributed by atoms with Crippen molar-refractivity contribution in [2.24, 2.45) is 0 Å². The number of nitrogens with one attached hydrogen (secondary N) is 1. The van der Waals surface area contributed by atoms with Crippen LogP contribution in [0.1, 0.15) is 33.8 Å². The van der Waals surface area contributed by atoms with Crippen molar-refractivity contribution in [3.05, 3.63) is 95.5 Å². The van der Waals surface area contributed by atoms with E-state index in [4.69, 9.17) is 9.40 Å². The Labute approximate surface area is 191 Å². The predicted octanol–water partition coefficient (Wildman–Crippen LogP) is 4.07. The number of fused-ring (bicyclic) bond motifs is 2. The van der Waals surface area contributed by atoms with E-state index < -0.39 is 23.6 Å². The molecule has 1 aliphatic rings. The minimum atomic E-state index is -0.861. The zero-order valence-corrected chi connectivity index (χ0v) is 17.6. The van der Waals surface area contributed by atoms with Crippen LogP contribution in [0.15, 0.2) is 65.3 Å². The molecule has 34 heavy (non-hydrogen) atoms. The van der Waals surface area contributed by atoms with Crippen LogP contribution in [0, 0.1) is 11.6 Å². The van der Waals surface area contributed by atoms with Gasteiger partial charge in [-0.15, -0.1) is 10.2 Å². The summed E-state index contributed by atoms with van der Waals surface area (Å²) in [4.78, 5) is 27.4. The summed E-state index contributed by atoms with van der Waals surface area (Å²) >= 11 is 0. The molecule has 6 rings (SSSR count). The number of aromatic amines is 1. The maximum absolute atomic E-state index is 14.2.